The number of carbonyl (C=O) groups excluding carboxylic acids is 1. The number of rotatable bonds is 2. The fourth-order valence-electron chi connectivity index (χ4n) is 2.37. The van der Waals surface area contributed by atoms with Crippen molar-refractivity contribution in [3.05, 3.63) is 12.7 Å². The molecule has 1 saturated heterocycles. The van der Waals surface area contributed by atoms with Crippen LogP contribution in [0.25, 0.3) is 0 Å². The van der Waals surface area contributed by atoms with Crippen molar-refractivity contribution in [2.24, 2.45) is 5.92 Å². The van der Waals surface area contributed by atoms with Crippen molar-refractivity contribution in [2.75, 3.05) is 0 Å². The molecule has 1 heterocycles. The van der Waals surface area contributed by atoms with Gasteiger partial charge in [0.1, 0.15) is 0 Å². The third kappa shape index (κ3) is 2.29. The fourth-order valence-corrected chi connectivity index (χ4v) is 2.37. The van der Waals surface area contributed by atoms with Gasteiger partial charge in [0.25, 0.3) is 0 Å². The van der Waals surface area contributed by atoms with Crippen LogP contribution in [-0.4, -0.2) is 22.1 Å². The summed E-state index contributed by atoms with van der Waals surface area (Å²) in [7, 11) is 0. The van der Waals surface area contributed by atoms with Crippen molar-refractivity contribution in [1.82, 2.24) is 5.06 Å². The lowest BCUT2D eigenvalue weighted by Gasteiger charge is -2.53. The van der Waals surface area contributed by atoms with E-state index in [9.17, 15) is 4.79 Å². The predicted octanol–water partition coefficient (Wildman–Crippen LogP) is 2.92. The van der Waals surface area contributed by atoms with Gasteiger partial charge < -0.3 is 4.84 Å². The van der Waals surface area contributed by atoms with E-state index >= 15 is 0 Å². The second-order valence-electron chi connectivity index (χ2n) is 5.81. The molecule has 0 aromatic rings. The van der Waals surface area contributed by atoms with Gasteiger partial charge in [0.15, 0.2) is 0 Å². The van der Waals surface area contributed by atoms with Crippen LogP contribution in [0.3, 0.4) is 0 Å². The summed E-state index contributed by atoms with van der Waals surface area (Å²) < 4.78 is 0. The molecule has 0 spiro atoms. The molecule has 1 fully saturated rings. The van der Waals surface area contributed by atoms with Crippen LogP contribution in [0.5, 0.6) is 0 Å². The van der Waals surface area contributed by atoms with Gasteiger partial charge in [-0.15, -0.1) is 5.06 Å². The molecular weight excluding hydrogens is 202 g/mol. The van der Waals surface area contributed by atoms with Crippen LogP contribution in [-0.2, 0) is 9.63 Å². The van der Waals surface area contributed by atoms with E-state index in [0.29, 0.717) is 5.92 Å². The Morgan fingerprint density at radius 1 is 1.44 bits per heavy atom. The lowest BCUT2D eigenvalue weighted by molar-refractivity contribution is -0.272. The molecule has 0 aliphatic carbocycles. The Kier molecular flexibility index (Phi) is 3.48. The first-order valence-electron chi connectivity index (χ1n) is 5.86. The monoisotopic (exact) mass is 225 g/mol. The smallest absolute Gasteiger partial charge is 0.349 e. The predicted molar refractivity (Wildman–Crippen MR) is 64.7 cm³/mol. The Bertz CT molecular complexity index is 294. The first-order valence-corrected chi connectivity index (χ1v) is 5.86. The van der Waals surface area contributed by atoms with E-state index in [1.807, 2.05) is 5.06 Å². The van der Waals surface area contributed by atoms with E-state index in [1.54, 1.807) is 0 Å². The highest BCUT2D eigenvalue weighted by Gasteiger charge is 2.47. The number of hydrogen-bond acceptors (Lipinski definition) is 3. The highest BCUT2D eigenvalue weighted by Crippen LogP contribution is 2.41. The van der Waals surface area contributed by atoms with Gasteiger partial charge in [-0.3, -0.25) is 0 Å². The Morgan fingerprint density at radius 3 is 2.50 bits per heavy atom. The summed E-state index contributed by atoms with van der Waals surface area (Å²) >= 11 is 0. The molecule has 1 aliphatic heterocycles. The molecule has 3 heteroatoms. The maximum atomic E-state index is 11.4. The molecule has 0 saturated carbocycles. The van der Waals surface area contributed by atoms with E-state index in [-0.39, 0.29) is 17.0 Å². The first-order chi connectivity index (χ1) is 7.21. The van der Waals surface area contributed by atoms with Gasteiger partial charge in [-0.25, -0.2) is 4.79 Å². The molecule has 0 aromatic heterocycles. The zero-order valence-electron chi connectivity index (χ0n) is 11.0. The van der Waals surface area contributed by atoms with Gasteiger partial charge in [-0.05, 0) is 46.5 Å². The van der Waals surface area contributed by atoms with Gasteiger partial charge in [0, 0.05) is 6.08 Å². The molecule has 1 rings (SSSR count). The van der Waals surface area contributed by atoms with Crippen molar-refractivity contribution in [3.8, 4) is 0 Å². The van der Waals surface area contributed by atoms with Crippen LogP contribution < -0.4 is 0 Å². The Balaban J connectivity index is 2.96. The fraction of sp³-hybridized carbons (Fsp3) is 0.769. The normalized spacial score (nSPS) is 28.4. The average molecular weight is 225 g/mol. The zero-order valence-corrected chi connectivity index (χ0v) is 11.0. The van der Waals surface area contributed by atoms with Gasteiger partial charge in [-0.1, -0.05) is 13.5 Å². The Labute approximate surface area is 98.4 Å². The third-order valence-electron chi connectivity index (χ3n) is 3.82. The maximum absolute atomic E-state index is 11.4. The second kappa shape index (κ2) is 4.21. The van der Waals surface area contributed by atoms with E-state index < -0.39 is 0 Å². The molecule has 1 atom stereocenters. The largest absolute Gasteiger partial charge is 0.363 e. The van der Waals surface area contributed by atoms with Crippen molar-refractivity contribution < 1.29 is 9.63 Å². The van der Waals surface area contributed by atoms with Crippen LogP contribution in [0.15, 0.2) is 12.7 Å². The quantitative estimate of drug-likeness (QED) is 0.677. The van der Waals surface area contributed by atoms with Gasteiger partial charge in [0.2, 0.25) is 0 Å². The number of piperidine rings is 1. The zero-order chi connectivity index (χ0) is 12.6. The molecule has 0 bridgehead atoms. The first kappa shape index (κ1) is 13.2. The van der Waals surface area contributed by atoms with Crippen LogP contribution in [0, 0.1) is 5.92 Å². The lowest BCUT2D eigenvalue weighted by Crippen LogP contribution is -2.62. The number of carbonyl (C=O) groups is 1. The topological polar surface area (TPSA) is 29.5 Å². The van der Waals surface area contributed by atoms with Crippen LogP contribution in [0.4, 0.5) is 0 Å². The van der Waals surface area contributed by atoms with Crippen LogP contribution >= 0.6 is 0 Å². The van der Waals surface area contributed by atoms with Crippen molar-refractivity contribution in [3.63, 3.8) is 0 Å². The lowest BCUT2D eigenvalue weighted by atomic mass is 9.75. The molecule has 16 heavy (non-hydrogen) atoms. The minimum absolute atomic E-state index is 0.116. The summed E-state index contributed by atoms with van der Waals surface area (Å²) in [6, 6.07) is 0. The average Bonchev–Trinajstić information content (AvgIpc) is 2.19. The second-order valence-corrected chi connectivity index (χ2v) is 5.81. The van der Waals surface area contributed by atoms with E-state index in [1.165, 1.54) is 6.08 Å². The highest BCUT2D eigenvalue weighted by atomic mass is 16.7. The summed E-state index contributed by atoms with van der Waals surface area (Å²) in [5, 5.41) is 1.85. The molecule has 0 amide bonds. The number of hydroxylamine groups is 2. The van der Waals surface area contributed by atoms with E-state index in [0.717, 1.165) is 12.8 Å². The summed E-state index contributed by atoms with van der Waals surface area (Å²) in [5.41, 5.74) is -0.255. The minimum Gasteiger partial charge on any atom is -0.363 e. The van der Waals surface area contributed by atoms with Crippen molar-refractivity contribution in [2.45, 2.75) is 58.5 Å². The molecule has 92 valence electrons. The Morgan fingerprint density at radius 2 is 2.00 bits per heavy atom. The van der Waals surface area contributed by atoms with E-state index in [4.69, 9.17) is 4.84 Å². The van der Waals surface area contributed by atoms with Gasteiger partial charge in [0.05, 0.1) is 11.1 Å². The SMILES string of the molecule is C=CC(=O)ON1C(C)(C)CCC(C)C1(C)C. The molecule has 0 radical (unpaired) electrons. The number of nitrogens with zero attached hydrogens (tertiary/aromatic N) is 1. The summed E-state index contributed by atoms with van der Waals surface area (Å²) in [6.07, 6.45) is 3.40. The summed E-state index contributed by atoms with van der Waals surface area (Å²) in [6.45, 7) is 14.1. The van der Waals surface area contributed by atoms with E-state index in [2.05, 4.69) is 41.2 Å². The molecule has 0 aromatic carbocycles. The molecular formula is C13H23NO2. The van der Waals surface area contributed by atoms with Gasteiger partial charge in [-0.2, -0.15) is 0 Å². The van der Waals surface area contributed by atoms with Crippen LogP contribution in [0.2, 0.25) is 0 Å². The Hall–Kier alpha value is -0.830. The highest BCUT2D eigenvalue weighted by molar-refractivity contribution is 5.81. The maximum Gasteiger partial charge on any atom is 0.349 e. The molecule has 0 N–H and O–H groups in total. The van der Waals surface area contributed by atoms with Crippen molar-refractivity contribution in [1.29, 1.82) is 0 Å². The summed E-state index contributed by atoms with van der Waals surface area (Å²) in [4.78, 5) is 16.8. The molecule has 3 nitrogen and oxygen atoms in total. The number of hydrogen-bond donors (Lipinski definition) is 0. The molecule has 1 aliphatic rings. The van der Waals surface area contributed by atoms with Crippen molar-refractivity contribution >= 4 is 5.97 Å². The minimum atomic E-state index is -0.379. The van der Waals surface area contributed by atoms with Gasteiger partial charge >= 0.3 is 5.97 Å². The standard InChI is InChI=1S/C13H23NO2/c1-7-11(15)16-14-12(3,4)9-8-10(2)13(14,5)6/h7,10H,1,8-9H2,2-6H3. The summed E-state index contributed by atoms with van der Waals surface area (Å²) in [5.74, 6) is 0.119. The van der Waals surface area contributed by atoms with Crippen LogP contribution in [0.1, 0.15) is 47.5 Å². The third-order valence-corrected chi connectivity index (χ3v) is 3.82. The molecule has 1 unspecified atom stereocenters.